The summed E-state index contributed by atoms with van der Waals surface area (Å²) in [5.74, 6) is 2.15. The predicted octanol–water partition coefficient (Wildman–Crippen LogP) is 2.88. The molecule has 1 saturated heterocycles. The van der Waals surface area contributed by atoms with Crippen molar-refractivity contribution in [3.63, 3.8) is 0 Å². The first kappa shape index (κ1) is 9.38. The summed E-state index contributed by atoms with van der Waals surface area (Å²) < 4.78 is 2.62. The molecule has 1 heterocycles. The third-order valence-electron chi connectivity index (χ3n) is 3.47. The summed E-state index contributed by atoms with van der Waals surface area (Å²) in [7, 11) is 3.84. The quantitative estimate of drug-likeness (QED) is 0.592. The number of piperidine rings is 1. The zero-order valence-corrected chi connectivity index (χ0v) is 9.78. The van der Waals surface area contributed by atoms with Crippen molar-refractivity contribution < 1.29 is 0 Å². The molecule has 2 rings (SSSR count). The first-order valence-corrected chi connectivity index (χ1v) is 7.87. The fourth-order valence-electron chi connectivity index (χ4n) is 2.72. The van der Waals surface area contributed by atoms with Crippen LogP contribution in [0.25, 0.3) is 0 Å². The van der Waals surface area contributed by atoms with Crippen molar-refractivity contribution in [2.75, 3.05) is 13.1 Å². The molecular formula is C9H19NP2. The number of hydrogen-bond donors (Lipinski definition) is 0. The molecule has 1 nitrogen and oxygen atoms in total. The van der Waals surface area contributed by atoms with Crippen LogP contribution < -0.4 is 0 Å². The molecule has 0 radical (unpaired) electrons. The van der Waals surface area contributed by atoms with Gasteiger partial charge in [-0.05, 0) is 33.1 Å². The maximum atomic E-state index is 2.88. The standard InChI is InChI=1S/C9H19NP2/c11-12-10-6-5-8-3-1-2-4-9(8)7-10/h8-9,12H,1-7,11H2. The Morgan fingerprint density at radius 3 is 2.58 bits per heavy atom. The zero-order chi connectivity index (χ0) is 8.39. The van der Waals surface area contributed by atoms with Gasteiger partial charge in [-0.1, -0.05) is 28.2 Å². The summed E-state index contributed by atoms with van der Waals surface area (Å²) in [4.78, 5) is 0. The second-order valence-electron chi connectivity index (χ2n) is 4.17. The molecule has 12 heavy (non-hydrogen) atoms. The van der Waals surface area contributed by atoms with Crippen LogP contribution in [-0.4, -0.2) is 17.8 Å². The lowest BCUT2D eigenvalue weighted by Gasteiger charge is -2.40. The summed E-state index contributed by atoms with van der Waals surface area (Å²) in [5.41, 5.74) is 0. The van der Waals surface area contributed by atoms with E-state index in [1.165, 1.54) is 45.2 Å². The molecule has 0 aromatic rings. The molecule has 1 aliphatic heterocycles. The minimum absolute atomic E-state index is 0.961. The van der Waals surface area contributed by atoms with Crippen LogP contribution in [-0.2, 0) is 0 Å². The van der Waals surface area contributed by atoms with Gasteiger partial charge in [0, 0.05) is 13.1 Å². The highest BCUT2D eigenvalue weighted by atomic mass is 32.0. The van der Waals surface area contributed by atoms with Gasteiger partial charge < -0.3 is 0 Å². The van der Waals surface area contributed by atoms with E-state index in [0.717, 1.165) is 20.3 Å². The monoisotopic (exact) mass is 203 g/mol. The van der Waals surface area contributed by atoms with E-state index in [-0.39, 0.29) is 0 Å². The Hall–Kier alpha value is 0.820. The van der Waals surface area contributed by atoms with Gasteiger partial charge in [0.25, 0.3) is 0 Å². The molecule has 2 aliphatic rings. The van der Waals surface area contributed by atoms with E-state index in [1.807, 2.05) is 0 Å². The number of rotatable bonds is 1. The van der Waals surface area contributed by atoms with Crippen LogP contribution in [0.3, 0.4) is 0 Å². The molecule has 70 valence electrons. The molecule has 0 N–H and O–H groups in total. The SMILES string of the molecule is PPN1CCC2CCCCC2C1. The molecule has 4 unspecified atom stereocenters. The first-order chi connectivity index (χ1) is 5.90. The second-order valence-corrected chi connectivity index (χ2v) is 5.83. The molecule has 0 aromatic carbocycles. The van der Waals surface area contributed by atoms with Crippen LogP contribution in [0, 0.1) is 11.8 Å². The van der Waals surface area contributed by atoms with Crippen molar-refractivity contribution in [1.29, 1.82) is 0 Å². The normalized spacial score (nSPS) is 38.8. The van der Waals surface area contributed by atoms with Gasteiger partial charge in [0.15, 0.2) is 0 Å². The van der Waals surface area contributed by atoms with Crippen LogP contribution in [0.2, 0.25) is 0 Å². The Morgan fingerprint density at radius 1 is 1.08 bits per heavy atom. The summed E-state index contributed by atoms with van der Waals surface area (Å²) in [6.07, 6.45) is 7.51. The van der Waals surface area contributed by atoms with Gasteiger partial charge in [-0.3, -0.25) is 4.67 Å². The largest absolute Gasteiger partial charge is 0.281 e. The fraction of sp³-hybridized carbons (Fsp3) is 1.00. The van der Waals surface area contributed by atoms with E-state index in [1.54, 1.807) is 0 Å². The Labute approximate surface area is 79.6 Å². The average molecular weight is 203 g/mol. The Kier molecular flexibility index (Phi) is 3.41. The first-order valence-electron chi connectivity index (χ1n) is 5.11. The molecule has 0 bridgehead atoms. The summed E-state index contributed by atoms with van der Waals surface area (Å²) in [6.45, 7) is 2.76. The van der Waals surface area contributed by atoms with Crippen LogP contribution in [0.4, 0.5) is 0 Å². The van der Waals surface area contributed by atoms with Gasteiger partial charge in [0.05, 0.1) is 0 Å². The second kappa shape index (κ2) is 4.36. The maximum Gasteiger partial charge on any atom is 0.00525 e. The third kappa shape index (κ3) is 2.00. The van der Waals surface area contributed by atoms with Crippen LogP contribution in [0.5, 0.6) is 0 Å². The van der Waals surface area contributed by atoms with Gasteiger partial charge in [-0.25, -0.2) is 0 Å². The van der Waals surface area contributed by atoms with E-state index < -0.39 is 0 Å². The zero-order valence-electron chi connectivity index (χ0n) is 7.63. The van der Waals surface area contributed by atoms with Crippen molar-refractivity contribution in [3.05, 3.63) is 0 Å². The van der Waals surface area contributed by atoms with Crippen LogP contribution >= 0.6 is 17.3 Å². The van der Waals surface area contributed by atoms with E-state index in [4.69, 9.17) is 0 Å². The van der Waals surface area contributed by atoms with E-state index in [0.29, 0.717) is 0 Å². The molecule has 1 saturated carbocycles. The highest BCUT2D eigenvalue weighted by Crippen LogP contribution is 2.40. The van der Waals surface area contributed by atoms with Crippen molar-refractivity contribution >= 4 is 17.3 Å². The predicted molar refractivity (Wildman–Crippen MR) is 59.7 cm³/mol. The van der Waals surface area contributed by atoms with Gasteiger partial charge >= 0.3 is 0 Å². The Morgan fingerprint density at radius 2 is 1.83 bits per heavy atom. The summed E-state index contributed by atoms with van der Waals surface area (Å²) in [6, 6.07) is 0. The van der Waals surface area contributed by atoms with Gasteiger partial charge in [-0.15, -0.1) is 0 Å². The maximum absolute atomic E-state index is 2.88. The van der Waals surface area contributed by atoms with Crippen molar-refractivity contribution in [2.45, 2.75) is 32.1 Å². The Balaban J connectivity index is 1.90. The van der Waals surface area contributed by atoms with E-state index in [2.05, 4.69) is 13.6 Å². The fourth-order valence-corrected chi connectivity index (χ4v) is 4.02. The van der Waals surface area contributed by atoms with Crippen molar-refractivity contribution in [2.24, 2.45) is 11.8 Å². The van der Waals surface area contributed by atoms with Crippen LogP contribution in [0.1, 0.15) is 32.1 Å². The lowest BCUT2D eigenvalue weighted by atomic mass is 9.76. The van der Waals surface area contributed by atoms with E-state index in [9.17, 15) is 0 Å². The summed E-state index contributed by atoms with van der Waals surface area (Å²) in [5, 5.41) is 0. The molecular weight excluding hydrogens is 184 g/mol. The summed E-state index contributed by atoms with van der Waals surface area (Å²) >= 11 is 0. The third-order valence-corrected chi connectivity index (χ3v) is 5.34. The van der Waals surface area contributed by atoms with E-state index >= 15 is 0 Å². The number of fused-ring (bicyclic) bond motifs is 1. The van der Waals surface area contributed by atoms with Crippen molar-refractivity contribution in [3.8, 4) is 0 Å². The Bertz CT molecular complexity index is 151. The smallest absolute Gasteiger partial charge is 0.00525 e. The molecule has 2 fully saturated rings. The molecule has 0 amide bonds. The lowest BCUT2D eigenvalue weighted by Crippen LogP contribution is -2.37. The molecule has 0 aromatic heterocycles. The minimum atomic E-state index is 0.961. The number of hydrogen-bond acceptors (Lipinski definition) is 1. The van der Waals surface area contributed by atoms with Crippen LogP contribution in [0.15, 0.2) is 0 Å². The van der Waals surface area contributed by atoms with Gasteiger partial charge in [-0.2, -0.15) is 0 Å². The molecule has 0 spiro atoms. The number of nitrogens with zero attached hydrogens (tertiary/aromatic N) is 1. The van der Waals surface area contributed by atoms with Crippen molar-refractivity contribution in [1.82, 2.24) is 4.67 Å². The molecule has 4 atom stereocenters. The highest BCUT2D eigenvalue weighted by Gasteiger charge is 2.30. The minimum Gasteiger partial charge on any atom is -0.281 e. The van der Waals surface area contributed by atoms with Gasteiger partial charge in [0.2, 0.25) is 0 Å². The average Bonchev–Trinajstić information content (AvgIpc) is 2.17. The topological polar surface area (TPSA) is 3.24 Å². The molecule has 3 heteroatoms. The lowest BCUT2D eigenvalue weighted by molar-refractivity contribution is 0.142. The highest BCUT2D eigenvalue weighted by molar-refractivity contribution is 8.01. The van der Waals surface area contributed by atoms with Gasteiger partial charge in [0.1, 0.15) is 0 Å². The molecule has 1 aliphatic carbocycles.